The second kappa shape index (κ2) is 5.32. The first-order chi connectivity index (χ1) is 11.5. The van der Waals surface area contributed by atoms with Crippen molar-refractivity contribution in [2.24, 2.45) is 40.4 Å². The predicted molar refractivity (Wildman–Crippen MR) is 96.5 cm³/mol. The van der Waals surface area contributed by atoms with Crippen molar-refractivity contribution in [2.45, 2.75) is 91.1 Å². The summed E-state index contributed by atoms with van der Waals surface area (Å²) >= 11 is 0. The molecule has 0 unspecified atom stereocenters. The Labute approximate surface area is 149 Å². The number of aliphatic hydroxyl groups is 1. The highest BCUT2D eigenvalue weighted by atomic mass is 16.3. The number of hydrogen-bond donors (Lipinski definition) is 1. The van der Waals surface area contributed by atoms with E-state index in [-0.39, 0.29) is 16.7 Å². The van der Waals surface area contributed by atoms with Gasteiger partial charge in [0.1, 0.15) is 5.78 Å². The smallest absolute Gasteiger partial charge is 0.133 e. The van der Waals surface area contributed by atoms with E-state index >= 15 is 0 Å². The van der Waals surface area contributed by atoms with Gasteiger partial charge in [-0.3, -0.25) is 4.79 Å². The lowest BCUT2D eigenvalue weighted by Gasteiger charge is -2.61. The number of carbonyl (C=O) groups excluding carboxylic acids is 1. The summed E-state index contributed by atoms with van der Waals surface area (Å²) < 4.78 is 9.28. The summed E-state index contributed by atoms with van der Waals surface area (Å²) in [4.78, 5) is 12.2. The minimum absolute atomic E-state index is 0.0355. The van der Waals surface area contributed by atoms with E-state index in [0.717, 1.165) is 38.5 Å². The van der Waals surface area contributed by atoms with Gasteiger partial charge < -0.3 is 5.11 Å². The molecule has 0 radical (unpaired) electrons. The molecule has 136 valence electrons. The van der Waals surface area contributed by atoms with Gasteiger partial charge in [0.05, 0.1) is 5.60 Å². The maximum absolute atomic E-state index is 12.2. The van der Waals surface area contributed by atoms with Gasteiger partial charge >= 0.3 is 0 Å². The summed E-state index contributed by atoms with van der Waals surface area (Å²) in [5.74, 6) is 2.16. The molecule has 1 N–H and O–H groups in total. The Morgan fingerprint density at radius 2 is 1.67 bits per heavy atom. The number of Topliss-reactive ketones (excluding diaryl/α,β-unsaturated/α-hetero) is 1. The summed E-state index contributed by atoms with van der Waals surface area (Å²) in [5.41, 5.74) is -0.427. The highest BCUT2D eigenvalue weighted by molar-refractivity contribution is 5.79. The maximum atomic E-state index is 12.2. The third kappa shape index (κ3) is 2.27. The van der Waals surface area contributed by atoms with Crippen molar-refractivity contribution in [1.29, 1.82) is 0 Å². The van der Waals surface area contributed by atoms with Crippen molar-refractivity contribution in [1.82, 2.24) is 0 Å². The monoisotopic (exact) mass is 333 g/mol. The summed E-state index contributed by atoms with van der Waals surface area (Å²) in [7, 11) is 0. The van der Waals surface area contributed by atoms with Crippen molar-refractivity contribution in [2.75, 3.05) is 0 Å². The first kappa shape index (κ1) is 15.9. The predicted octanol–water partition coefficient (Wildman–Crippen LogP) is 4.99. The summed E-state index contributed by atoms with van der Waals surface area (Å²) in [6.45, 7) is 8.49. The largest absolute Gasteiger partial charge is 0.390 e. The Bertz CT molecular complexity index is 587. The van der Waals surface area contributed by atoms with E-state index in [4.69, 9.17) is 0 Å². The van der Waals surface area contributed by atoms with Gasteiger partial charge in [0.15, 0.2) is 0 Å². The Balaban J connectivity index is 1.65. The van der Waals surface area contributed by atoms with Crippen LogP contribution >= 0.6 is 0 Å². The Morgan fingerprint density at radius 1 is 0.958 bits per heavy atom. The van der Waals surface area contributed by atoms with Gasteiger partial charge in [-0.05, 0) is 106 Å². The molecule has 0 bridgehead atoms. The summed E-state index contributed by atoms with van der Waals surface area (Å²) in [5, 5.41) is 10.6. The molecule has 0 saturated heterocycles. The normalized spacial score (nSPS) is 60.6. The van der Waals surface area contributed by atoms with Crippen LogP contribution in [0.2, 0.25) is 0 Å². The van der Waals surface area contributed by atoms with Crippen molar-refractivity contribution in [3.05, 3.63) is 0 Å². The van der Waals surface area contributed by atoms with Gasteiger partial charge in [0.25, 0.3) is 0 Å². The molecule has 0 heterocycles. The first-order valence-electron chi connectivity index (χ1n) is 10.8. The lowest BCUT2D eigenvalue weighted by Crippen LogP contribution is -2.55. The zero-order chi connectivity index (χ0) is 18.3. The van der Waals surface area contributed by atoms with Gasteiger partial charge in [0.2, 0.25) is 0 Å². The fourth-order valence-corrected chi connectivity index (χ4v) is 7.77. The number of fused-ring (bicyclic) bond motifs is 5. The van der Waals surface area contributed by atoms with E-state index < -0.39 is 11.5 Å². The van der Waals surface area contributed by atoms with E-state index in [0.29, 0.717) is 30.0 Å². The molecular formula is C22H36O2. The van der Waals surface area contributed by atoms with Gasteiger partial charge in [0, 0.05) is 7.29 Å². The van der Waals surface area contributed by atoms with Crippen LogP contribution in [0.3, 0.4) is 0 Å². The second-order valence-electron chi connectivity index (χ2n) is 10.4. The molecule has 0 spiro atoms. The topological polar surface area (TPSA) is 37.3 Å². The average molecular weight is 334 g/mol. The standard InChI is InChI=1S/C22H36O2/c1-14(23)17-7-8-18-16-6-5-15-13-20(2,24)11-12-21(15,3)19(16)9-10-22(17,18)4/h15-19,24H,5-13H2,1-4H3/t15-,16-,17+,18-,19-,20+,21-,22+/m0/s1/i15D. The van der Waals surface area contributed by atoms with Crippen molar-refractivity contribution >= 4 is 5.78 Å². The molecule has 0 aromatic carbocycles. The van der Waals surface area contributed by atoms with E-state index in [2.05, 4.69) is 13.8 Å². The number of ketones is 1. The minimum atomic E-state index is -0.662. The molecule has 2 heteroatoms. The fraction of sp³-hybridized carbons (Fsp3) is 0.955. The Kier molecular flexibility index (Phi) is 3.51. The maximum Gasteiger partial charge on any atom is 0.133 e. The molecule has 4 rings (SSSR count). The van der Waals surface area contributed by atoms with Gasteiger partial charge in [-0.25, -0.2) is 0 Å². The van der Waals surface area contributed by atoms with Crippen LogP contribution in [0.15, 0.2) is 0 Å². The highest BCUT2D eigenvalue weighted by Gasteiger charge is 2.61. The molecule has 8 atom stereocenters. The highest BCUT2D eigenvalue weighted by Crippen LogP contribution is 2.68. The molecule has 0 aromatic rings. The molecule has 0 aliphatic heterocycles. The SMILES string of the molecule is [2H][C@@]12CC[C@H]3[C@@H]4CC[C@H](C(C)=O)[C@@]4(C)CC[C@@H]3[C@@]1(C)CC[C@@](C)(O)C2. The zero-order valence-corrected chi connectivity index (χ0v) is 16.0. The van der Waals surface area contributed by atoms with Crippen molar-refractivity contribution in [3.8, 4) is 0 Å². The molecule has 2 nitrogen and oxygen atoms in total. The molecule has 4 saturated carbocycles. The van der Waals surface area contributed by atoms with Crippen LogP contribution in [-0.4, -0.2) is 16.5 Å². The third-order valence-corrected chi connectivity index (χ3v) is 9.11. The lowest BCUT2D eigenvalue weighted by molar-refractivity contribution is -0.150. The van der Waals surface area contributed by atoms with Crippen LogP contribution in [-0.2, 0) is 4.79 Å². The first-order valence-corrected chi connectivity index (χ1v) is 10.3. The van der Waals surface area contributed by atoms with Gasteiger partial charge in [-0.2, -0.15) is 0 Å². The van der Waals surface area contributed by atoms with Crippen LogP contribution in [0.25, 0.3) is 0 Å². The van der Waals surface area contributed by atoms with Crippen molar-refractivity contribution in [3.63, 3.8) is 0 Å². The zero-order valence-electron chi connectivity index (χ0n) is 17.0. The molecule has 4 aliphatic carbocycles. The van der Waals surface area contributed by atoms with E-state index in [1.807, 2.05) is 6.92 Å². The van der Waals surface area contributed by atoms with Crippen molar-refractivity contribution < 1.29 is 11.3 Å². The number of hydrogen-bond acceptors (Lipinski definition) is 2. The van der Waals surface area contributed by atoms with E-state index in [9.17, 15) is 11.3 Å². The number of carbonyl (C=O) groups is 1. The van der Waals surface area contributed by atoms with E-state index in [1.165, 1.54) is 12.8 Å². The average Bonchev–Trinajstić information content (AvgIpc) is 2.85. The van der Waals surface area contributed by atoms with E-state index in [1.54, 1.807) is 6.92 Å². The molecule has 0 aromatic heterocycles. The van der Waals surface area contributed by atoms with Crippen LogP contribution in [0.1, 0.15) is 86.9 Å². The van der Waals surface area contributed by atoms with Crippen LogP contribution in [0, 0.1) is 40.4 Å². The van der Waals surface area contributed by atoms with Crippen LogP contribution < -0.4 is 0 Å². The molecular weight excluding hydrogens is 296 g/mol. The third-order valence-electron chi connectivity index (χ3n) is 9.11. The lowest BCUT2D eigenvalue weighted by atomic mass is 9.44. The van der Waals surface area contributed by atoms with Crippen LogP contribution in [0.4, 0.5) is 0 Å². The Morgan fingerprint density at radius 3 is 2.38 bits per heavy atom. The quantitative estimate of drug-likeness (QED) is 0.734. The second-order valence-corrected chi connectivity index (χ2v) is 10.4. The van der Waals surface area contributed by atoms with Gasteiger partial charge in [-0.1, -0.05) is 13.8 Å². The summed E-state index contributed by atoms with van der Waals surface area (Å²) in [6, 6.07) is 0. The molecule has 4 fully saturated rings. The van der Waals surface area contributed by atoms with Crippen LogP contribution in [0.5, 0.6) is 0 Å². The molecule has 4 aliphatic rings. The fourth-order valence-electron chi connectivity index (χ4n) is 7.77. The summed E-state index contributed by atoms with van der Waals surface area (Å²) in [6.07, 6.45) is 9.15. The molecule has 24 heavy (non-hydrogen) atoms. The Hall–Kier alpha value is -0.370. The van der Waals surface area contributed by atoms with Gasteiger partial charge in [-0.15, -0.1) is 0 Å². The minimum Gasteiger partial charge on any atom is -0.390 e. The number of rotatable bonds is 1. The molecule has 0 amide bonds.